The van der Waals surface area contributed by atoms with Crippen molar-refractivity contribution in [2.45, 2.75) is 38.8 Å². The van der Waals surface area contributed by atoms with E-state index < -0.39 is 18.7 Å². The molecule has 1 aliphatic heterocycles. The topological polar surface area (TPSA) is 62.2 Å². The zero-order chi connectivity index (χ0) is 18.9. The number of alkyl halides is 1. The Labute approximate surface area is 153 Å². The van der Waals surface area contributed by atoms with Gasteiger partial charge in [-0.25, -0.2) is 4.79 Å². The molecule has 5 nitrogen and oxygen atoms in total. The summed E-state index contributed by atoms with van der Waals surface area (Å²) in [6, 6.07) is 9.01. The Morgan fingerprint density at radius 1 is 1.35 bits per heavy atom. The number of benzene rings is 1. The Morgan fingerprint density at radius 3 is 2.77 bits per heavy atom. The fourth-order valence-electron chi connectivity index (χ4n) is 4.25. The summed E-state index contributed by atoms with van der Waals surface area (Å²) in [6.07, 6.45) is 0.360. The average Bonchev–Trinajstić information content (AvgIpc) is 2.60. The molecule has 1 aromatic heterocycles. The summed E-state index contributed by atoms with van der Waals surface area (Å²) in [5, 5.41) is 14.0. The van der Waals surface area contributed by atoms with E-state index in [1.54, 1.807) is 0 Å². The summed E-state index contributed by atoms with van der Waals surface area (Å²) in [6.45, 7) is 7.61. The molecule has 2 heterocycles. The fraction of sp³-hybridized carbons (Fsp3) is 0.500. The quantitative estimate of drug-likeness (QED) is 0.823. The first-order valence-electron chi connectivity index (χ1n) is 9.08. The van der Waals surface area contributed by atoms with E-state index in [4.69, 9.17) is 4.98 Å². The number of nitrogens with one attached hydrogen (secondary N) is 1. The summed E-state index contributed by atoms with van der Waals surface area (Å²) in [5.74, 6) is -0.0588. The minimum Gasteiger partial charge on any atom is -0.477 e. The molecule has 2 aromatic rings. The number of quaternary nitrogens is 1. The molecule has 140 valence electrons. The summed E-state index contributed by atoms with van der Waals surface area (Å²) in [4.78, 5) is 16.9. The van der Waals surface area contributed by atoms with E-state index in [0.29, 0.717) is 24.0 Å². The zero-order valence-electron chi connectivity index (χ0n) is 15.6. The Kier molecular flexibility index (Phi) is 4.99. The number of hydrogen-bond donors (Lipinski definition) is 2. The molecule has 1 saturated heterocycles. The van der Waals surface area contributed by atoms with E-state index in [9.17, 15) is 14.3 Å². The molecule has 0 radical (unpaired) electrons. The highest BCUT2D eigenvalue weighted by molar-refractivity contribution is 5.84. The molecule has 1 aliphatic rings. The predicted molar refractivity (Wildman–Crippen MR) is 102 cm³/mol. The Balaban J connectivity index is 2.20. The minimum atomic E-state index is -0.819. The van der Waals surface area contributed by atoms with Gasteiger partial charge in [-0.2, -0.15) is 4.98 Å². The molecule has 2 N–H and O–H groups in total. The third-order valence-electron chi connectivity index (χ3n) is 5.57. The normalized spacial score (nSPS) is 23.9. The number of aromatic nitrogens is 1. The van der Waals surface area contributed by atoms with Crippen LogP contribution < -0.4 is 9.80 Å². The summed E-state index contributed by atoms with van der Waals surface area (Å²) in [5.41, 5.74) is 1.39. The number of nitrogens with zero attached hydrogens (tertiary/aromatic N) is 2. The van der Waals surface area contributed by atoms with Crippen molar-refractivity contribution >= 4 is 22.7 Å². The van der Waals surface area contributed by atoms with E-state index in [0.717, 1.165) is 28.8 Å². The van der Waals surface area contributed by atoms with E-state index >= 15 is 0 Å². The van der Waals surface area contributed by atoms with Crippen LogP contribution >= 0.6 is 0 Å². The lowest BCUT2D eigenvalue weighted by Gasteiger charge is -2.52. The van der Waals surface area contributed by atoms with E-state index in [1.807, 2.05) is 30.3 Å². The van der Waals surface area contributed by atoms with Crippen LogP contribution in [0.15, 0.2) is 30.3 Å². The number of pyridine rings is 1. The van der Waals surface area contributed by atoms with Crippen molar-refractivity contribution in [3.63, 3.8) is 0 Å². The van der Waals surface area contributed by atoms with Gasteiger partial charge in [0, 0.05) is 24.4 Å². The predicted octanol–water partition coefficient (Wildman–Crippen LogP) is 2.91. The van der Waals surface area contributed by atoms with Gasteiger partial charge in [0.2, 0.25) is 11.9 Å². The van der Waals surface area contributed by atoms with Gasteiger partial charge in [-0.05, 0) is 38.5 Å². The summed E-state index contributed by atoms with van der Waals surface area (Å²) < 4.78 is 13.1. The number of fused-ring (bicyclic) bond motifs is 1. The average molecular weight is 360 g/mol. The Hall–Kier alpha value is -2.05. The molecule has 1 aromatic carbocycles. The molecule has 2 unspecified atom stereocenters. The monoisotopic (exact) mass is 360 g/mol. The summed E-state index contributed by atoms with van der Waals surface area (Å²) in [7, 11) is 0. The second kappa shape index (κ2) is 6.93. The number of carbonyl (C=O) groups is 1. The lowest BCUT2D eigenvalue weighted by atomic mass is 9.93. The lowest BCUT2D eigenvalue weighted by Crippen LogP contribution is -2.75. The van der Waals surface area contributed by atoms with Crippen LogP contribution in [0, 0.1) is 0 Å². The maximum Gasteiger partial charge on any atom is 0.364 e. The van der Waals surface area contributed by atoms with Crippen molar-refractivity contribution in [1.29, 1.82) is 0 Å². The second-order valence-corrected chi connectivity index (χ2v) is 7.91. The lowest BCUT2D eigenvalue weighted by molar-refractivity contribution is -0.146. The Bertz CT molecular complexity index is 818. The molecule has 0 saturated carbocycles. The zero-order valence-corrected chi connectivity index (χ0v) is 15.6. The maximum atomic E-state index is 12.8. The van der Waals surface area contributed by atoms with Crippen LogP contribution in [0.4, 0.5) is 10.2 Å². The maximum absolute atomic E-state index is 12.8. The standard InChI is InChI=1S/C20H26FN3O2/c1-20(2,3)24(12-11-22-13-17(24)19(25)26)18-8-7-15-14(9-10-21)5-4-6-16(15)23-18/h4-8,17,22H,9-13H2,1-3H3/p+1. The molecule has 6 heteroatoms. The fourth-order valence-corrected chi connectivity index (χ4v) is 4.25. The third kappa shape index (κ3) is 2.97. The SMILES string of the molecule is CC(C)(C)[N+]1(c2ccc3c(CCF)cccc3n2)CCNCC1C(=O)O. The molecule has 0 bridgehead atoms. The van der Waals surface area contributed by atoms with Gasteiger partial charge in [-0.15, -0.1) is 0 Å². The number of halogens is 1. The first-order chi connectivity index (χ1) is 12.3. The van der Waals surface area contributed by atoms with Gasteiger partial charge in [0.05, 0.1) is 30.8 Å². The van der Waals surface area contributed by atoms with Crippen LogP contribution in [0.1, 0.15) is 26.3 Å². The van der Waals surface area contributed by atoms with E-state index in [-0.39, 0.29) is 5.54 Å². The van der Waals surface area contributed by atoms with Crippen LogP contribution in [-0.2, 0) is 11.2 Å². The van der Waals surface area contributed by atoms with E-state index in [2.05, 4.69) is 26.1 Å². The Morgan fingerprint density at radius 2 is 2.12 bits per heavy atom. The van der Waals surface area contributed by atoms with Gasteiger partial charge in [-0.1, -0.05) is 12.1 Å². The van der Waals surface area contributed by atoms with Crippen molar-refractivity contribution < 1.29 is 14.3 Å². The first-order valence-corrected chi connectivity index (χ1v) is 9.08. The molecular formula is C20H27FN3O2+. The van der Waals surface area contributed by atoms with Crippen LogP contribution in [0.5, 0.6) is 0 Å². The molecular weight excluding hydrogens is 333 g/mol. The van der Waals surface area contributed by atoms with Gasteiger partial charge in [0.15, 0.2) is 0 Å². The van der Waals surface area contributed by atoms with Gasteiger partial charge in [0.1, 0.15) is 0 Å². The van der Waals surface area contributed by atoms with Crippen LogP contribution in [0.25, 0.3) is 10.9 Å². The molecule has 0 amide bonds. The minimum absolute atomic E-state index is 0.290. The molecule has 2 atom stereocenters. The molecule has 1 fully saturated rings. The number of rotatable bonds is 4. The molecule has 26 heavy (non-hydrogen) atoms. The number of aliphatic carboxylic acids is 1. The summed E-state index contributed by atoms with van der Waals surface area (Å²) >= 11 is 0. The van der Waals surface area contributed by atoms with E-state index in [1.165, 1.54) is 0 Å². The van der Waals surface area contributed by atoms with Crippen molar-refractivity contribution in [2.24, 2.45) is 0 Å². The second-order valence-electron chi connectivity index (χ2n) is 7.91. The van der Waals surface area contributed by atoms with Gasteiger partial charge in [-0.3, -0.25) is 8.87 Å². The van der Waals surface area contributed by atoms with Crippen molar-refractivity contribution in [3.8, 4) is 0 Å². The van der Waals surface area contributed by atoms with Crippen LogP contribution in [0.2, 0.25) is 0 Å². The number of aryl methyl sites for hydroxylation is 1. The number of hydrogen-bond acceptors (Lipinski definition) is 3. The highest BCUT2D eigenvalue weighted by Gasteiger charge is 2.54. The largest absolute Gasteiger partial charge is 0.477 e. The van der Waals surface area contributed by atoms with Crippen molar-refractivity contribution in [3.05, 3.63) is 35.9 Å². The first kappa shape index (κ1) is 18.7. The number of carboxylic acid groups (broad SMARTS) is 1. The number of piperazine rings is 1. The molecule has 0 spiro atoms. The van der Waals surface area contributed by atoms with Crippen molar-refractivity contribution in [1.82, 2.24) is 14.8 Å². The van der Waals surface area contributed by atoms with Gasteiger partial charge in [0.25, 0.3) is 0 Å². The van der Waals surface area contributed by atoms with Gasteiger partial charge < -0.3 is 10.4 Å². The molecule has 0 aliphatic carbocycles. The highest BCUT2D eigenvalue weighted by atomic mass is 19.1. The van der Waals surface area contributed by atoms with Crippen LogP contribution in [0.3, 0.4) is 0 Å². The third-order valence-corrected chi connectivity index (χ3v) is 5.57. The van der Waals surface area contributed by atoms with Gasteiger partial charge >= 0.3 is 5.97 Å². The molecule has 3 rings (SSSR count). The highest BCUT2D eigenvalue weighted by Crippen LogP contribution is 2.37. The van der Waals surface area contributed by atoms with Crippen molar-refractivity contribution in [2.75, 3.05) is 26.3 Å². The smallest absolute Gasteiger partial charge is 0.364 e. The van der Waals surface area contributed by atoms with Crippen LogP contribution in [-0.4, -0.2) is 53.9 Å². The number of carboxylic acids is 1.